The van der Waals surface area contributed by atoms with E-state index in [1.807, 2.05) is 0 Å². The number of guanidine groups is 2. The summed E-state index contributed by atoms with van der Waals surface area (Å²) in [6, 6.07) is 6.46. The zero-order valence-electron chi connectivity index (χ0n) is 7.38. The molecule has 0 spiro atoms. The molecular weight excluding hydrogens is 182 g/mol. The fraction of sp³-hybridized carbons (Fsp3) is 0. The lowest BCUT2D eigenvalue weighted by Crippen LogP contribution is -2.26. The molecule has 0 bridgehead atoms. The van der Waals surface area contributed by atoms with E-state index in [0.29, 0.717) is 5.69 Å². The molecule has 0 saturated carbocycles. The van der Waals surface area contributed by atoms with Crippen molar-refractivity contribution < 1.29 is 5.11 Å². The van der Waals surface area contributed by atoms with E-state index in [1.54, 1.807) is 18.2 Å². The van der Waals surface area contributed by atoms with Crippen LogP contribution in [-0.2, 0) is 0 Å². The van der Waals surface area contributed by atoms with Gasteiger partial charge in [-0.3, -0.25) is 0 Å². The van der Waals surface area contributed by atoms with Gasteiger partial charge in [-0.2, -0.15) is 4.99 Å². The van der Waals surface area contributed by atoms with Crippen LogP contribution in [0.1, 0.15) is 0 Å². The molecular formula is C8H11N5O. The van der Waals surface area contributed by atoms with E-state index in [0.717, 1.165) is 0 Å². The highest BCUT2D eigenvalue weighted by molar-refractivity contribution is 5.93. The molecule has 0 fully saturated rings. The average Bonchev–Trinajstić information content (AvgIpc) is 2.07. The van der Waals surface area contributed by atoms with E-state index in [-0.39, 0.29) is 17.7 Å². The monoisotopic (exact) mass is 193 g/mol. The molecule has 0 heterocycles. The van der Waals surface area contributed by atoms with Crippen LogP contribution in [0.3, 0.4) is 0 Å². The SMILES string of the molecule is NC(N)=NC(N)=Nc1ccccc1O. The van der Waals surface area contributed by atoms with Crippen LogP contribution in [0.4, 0.5) is 5.69 Å². The van der Waals surface area contributed by atoms with Crippen LogP contribution < -0.4 is 17.2 Å². The summed E-state index contributed by atoms with van der Waals surface area (Å²) in [6.45, 7) is 0. The predicted molar refractivity (Wildman–Crippen MR) is 55.2 cm³/mol. The number of phenols is 1. The van der Waals surface area contributed by atoms with Gasteiger partial charge in [0, 0.05) is 0 Å². The van der Waals surface area contributed by atoms with E-state index in [1.165, 1.54) is 6.07 Å². The second kappa shape index (κ2) is 4.13. The third kappa shape index (κ3) is 2.67. The summed E-state index contributed by atoms with van der Waals surface area (Å²) in [6.07, 6.45) is 0. The Morgan fingerprint density at radius 1 is 1.14 bits per heavy atom. The summed E-state index contributed by atoms with van der Waals surface area (Å²) in [5.41, 5.74) is 15.9. The van der Waals surface area contributed by atoms with Crippen molar-refractivity contribution in [3.63, 3.8) is 0 Å². The molecule has 7 N–H and O–H groups in total. The second-order valence-electron chi connectivity index (χ2n) is 2.50. The van der Waals surface area contributed by atoms with E-state index >= 15 is 0 Å². The van der Waals surface area contributed by atoms with Crippen LogP contribution in [0.2, 0.25) is 0 Å². The Morgan fingerprint density at radius 3 is 2.36 bits per heavy atom. The van der Waals surface area contributed by atoms with Crippen LogP contribution in [0, 0.1) is 0 Å². The zero-order valence-corrected chi connectivity index (χ0v) is 7.38. The summed E-state index contributed by atoms with van der Waals surface area (Å²) in [7, 11) is 0. The van der Waals surface area contributed by atoms with Gasteiger partial charge in [-0.15, -0.1) is 0 Å². The first-order chi connectivity index (χ1) is 6.59. The maximum atomic E-state index is 9.32. The molecule has 0 aliphatic carbocycles. The Morgan fingerprint density at radius 2 is 1.79 bits per heavy atom. The van der Waals surface area contributed by atoms with Gasteiger partial charge < -0.3 is 22.3 Å². The van der Waals surface area contributed by atoms with Gasteiger partial charge in [0.2, 0.25) is 5.96 Å². The summed E-state index contributed by atoms with van der Waals surface area (Å²) in [5.74, 6) is -0.269. The summed E-state index contributed by atoms with van der Waals surface area (Å²) >= 11 is 0. The number of para-hydroxylation sites is 2. The van der Waals surface area contributed by atoms with Gasteiger partial charge in [-0.05, 0) is 12.1 Å². The van der Waals surface area contributed by atoms with Crippen molar-refractivity contribution in [3.05, 3.63) is 24.3 Å². The number of hydrogen-bond donors (Lipinski definition) is 4. The molecule has 0 unspecified atom stereocenters. The number of benzene rings is 1. The standard InChI is InChI=1S/C8H11N5O/c9-7(10)13-8(11)12-5-3-1-2-4-6(5)14/h1-4,14H,(H6,9,10,11,12,13). The molecule has 74 valence electrons. The number of rotatable bonds is 1. The van der Waals surface area contributed by atoms with Crippen molar-refractivity contribution in [2.45, 2.75) is 0 Å². The average molecular weight is 193 g/mol. The van der Waals surface area contributed by atoms with Crippen molar-refractivity contribution in [3.8, 4) is 5.75 Å². The Labute approximate surface area is 80.8 Å². The van der Waals surface area contributed by atoms with Crippen LogP contribution in [-0.4, -0.2) is 17.0 Å². The first-order valence-electron chi connectivity index (χ1n) is 3.81. The minimum absolute atomic E-state index is 0.0150. The third-order valence-corrected chi connectivity index (χ3v) is 1.36. The molecule has 0 aromatic heterocycles. The molecule has 0 aliphatic rings. The maximum absolute atomic E-state index is 9.32. The van der Waals surface area contributed by atoms with Crippen LogP contribution in [0.15, 0.2) is 34.3 Å². The Kier molecular flexibility index (Phi) is 2.90. The Hall–Kier alpha value is -2.24. The van der Waals surface area contributed by atoms with Gasteiger partial charge in [-0.1, -0.05) is 12.1 Å². The molecule has 6 heteroatoms. The van der Waals surface area contributed by atoms with Crippen LogP contribution in [0.25, 0.3) is 0 Å². The number of hydrogen-bond acceptors (Lipinski definition) is 2. The van der Waals surface area contributed by atoms with Crippen LogP contribution >= 0.6 is 0 Å². The second-order valence-corrected chi connectivity index (χ2v) is 2.50. The smallest absolute Gasteiger partial charge is 0.223 e. The van der Waals surface area contributed by atoms with Gasteiger partial charge in [0.15, 0.2) is 5.96 Å². The normalized spacial score (nSPS) is 11.0. The van der Waals surface area contributed by atoms with Gasteiger partial charge in [0.25, 0.3) is 0 Å². The van der Waals surface area contributed by atoms with Crippen molar-refractivity contribution in [1.29, 1.82) is 0 Å². The highest BCUT2D eigenvalue weighted by atomic mass is 16.3. The van der Waals surface area contributed by atoms with Crippen LogP contribution in [0.5, 0.6) is 5.75 Å². The van der Waals surface area contributed by atoms with Gasteiger partial charge in [0.05, 0.1) is 0 Å². The van der Waals surface area contributed by atoms with E-state index < -0.39 is 0 Å². The minimum atomic E-state index is -0.179. The van der Waals surface area contributed by atoms with E-state index in [9.17, 15) is 5.11 Å². The molecule has 1 aromatic rings. The summed E-state index contributed by atoms with van der Waals surface area (Å²) < 4.78 is 0. The molecule has 1 aromatic carbocycles. The quantitative estimate of drug-likeness (QED) is 0.358. The Balaban J connectivity index is 2.98. The first-order valence-corrected chi connectivity index (χ1v) is 3.81. The number of phenolic OH excluding ortho intramolecular Hbond substituents is 1. The number of aliphatic imine (C=N–C) groups is 2. The fourth-order valence-corrected chi connectivity index (χ4v) is 0.839. The van der Waals surface area contributed by atoms with Crippen molar-refractivity contribution in [2.24, 2.45) is 27.2 Å². The summed E-state index contributed by atoms with van der Waals surface area (Å²) in [5, 5.41) is 9.32. The predicted octanol–water partition coefficient (Wildman–Crippen LogP) is -0.388. The number of nitrogens with zero attached hydrogens (tertiary/aromatic N) is 2. The van der Waals surface area contributed by atoms with Crippen molar-refractivity contribution >= 4 is 17.6 Å². The lowest BCUT2D eigenvalue weighted by molar-refractivity contribution is 0.477. The maximum Gasteiger partial charge on any atom is 0.223 e. The molecule has 0 amide bonds. The summed E-state index contributed by atoms with van der Waals surface area (Å²) in [4.78, 5) is 7.30. The van der Waals surface area contributed by atoms with E-state index in [4.69, 9.17) is 17.2 Å². The highest BCUT2D eigenvalue weighted by Gasteiger charge is 1.97. The lowest BCUT2D eigenvalue weighted by atomic mass is 10.3. The van der Waals surface area contributed by atoms with Gasteiger partial charge in [0.1, 0.15) is 11.4 Å². The lowest BCUT2D eigenvalue weighted by Gasteiger charge is -1.98. The van der Waals surface area contributed by atoms with E-state index in [2.05, 4.69) is 9.98 Å². The zero-order chi connectivity index (χ0) is 10.6. The molecule has 1 rings (SSSR count). The van der Waals surface area contributed by atoms with Crippen molar-refractivity contribution in [1.82, 2.24) is 0 Å². The van der Waals surface area contributed by atoms with Crippen molar-refractivity contribution in [2.75, 3.05) is 0 Å². The van der Waals surface area contributed by atoms with Gasteiger partial charge in [-0.25, -0.2) is 4.99 Å². The molecule has 0 atom stereocenters. The largest absolute Gasteiger partial charge is 0.506 e. The molecule has 0 aliphatic heterocycles. The molecule has 14 heavy (non-hydrogen) atoms. The molecule has 0 saturated heterocycles. The minimum Gasteiger partial charge on any atom is -0.506 e. The number of aromatic hydroxyl groups is 1. The highest BCUT2D eigenvalue weighted by Crippen LogP contribution is 2.24. The molecule has 0 radical (unpaired) electrons. The third-order valence-electron chi connectivity index (χ3n) is 1.36. The topological polar surface area (TPSA) is 123 Å². The fourth-order valence-electron chi connectivity index (χ4n) is 0.839. The number of nitrogens with two attached hydrogens (primary N) is 3. The van der Waals surface area contributed by atoms with Gasteiger partial charge >= 0.3 is 0 Å². The first kappa shape index (κ1) is 9.85. The Bertz CT molecular complexity index is 381. The molecule has 6 nitrogen and oxygen atoms in total.